The number of carbonyl (C=O) groups is 1. The molecule has 2 aromatic heterocycles. The summed E-state index contributed by atoms with van der Waals surface area (Å²) >= 11 is 0. The predicted molar refractivity (Wildman–Crippen MR) is 111 cm³/mol. The van der Waals surface area contributed by atoms with E-state index in [0.717, 1.165) is 24.2 Å². The van der Waals surface area contributed by atoms with E-state index >= 15 is 0 Å². The summed E-state index contributed by atoms with van der Waals surface area (Å²) in [5.41, 5.74) is 2.01. The van der Waals surface area contributed by atoms with E-state index in [-0.39, 0.29) is 25.6 Å². The first kappa shape index (κ1) is 21.2. The molecule has 7 nitrogen and oxygen atoms in total. The van der Waals surface area contributed by atoms with Crippen LogP contribution in [0.2, 0.25) is 0 Å². The van der Waals surface area contributed by atoms with Crippen LogP contribution in [0.3, 0.4) is 0 Å². The minimum absolute atomic E-state index is 0.0173. The van der Waals surface area contributed by atoms with Crippen molar-refractivity contribution in [2.75, 3.05) is 24.6 Å². The number of amides is 1. The number of aliphatic hydroxyl groups is 2. The van der Waals surface area contributed by atoms with Crippen LogP contribution >= 0.6 is 0 Å². The lowest BCUT2D eigenvalue weighted by Gasteiger charge is -2.27. The lowest BCUT2D eigenvalue weighted by atomic mass is 10.0. The molecule has 1 fully saturated rings. The molecular weight excluding hydrogens is 406 g/mol. The van der Waals surface area contributed by atoms with Gasteiger partial charge in [-0.25, -0.2) is 13.3 Å². The van der Waals surface area contributed by atoms with E-state index in [1.54, 1.807) is 10.7 Å². The number of benzene rings is 1. The molecule has 1 aliphatic heterocycles. The lowest BCUT2D eigenvalue weighted by molar-refractivity contribution is 0.0891. The Hall–Kier alpha value is -3.04. The van der Waals surface area contributed by atoms with Crippen LogP contribution in [0.4, 0.5) is 14.5 Å². The molecule has 9 heteroatoms. The summed E-state index contributed by atoms with van der Waals surface area (Å²) in [6, 6.07) is 6.84. The van der Waals surface area contributed by atoms with Crippen LogP contribution in [0.15, 0.2) is 42.7 Å². The number of fused-ring (bicyclic) bond motifs is 1. The van der Waals surface area contributed by atoms with Gasteiger partial charge in [0.15, 0.2) is 0 Å². The van der Waals surface area contributed by atoms with E-state index in [4.69, 9.17) is 5.11 Å². The zero-order valence-electron chi connectivity index (χ0n) is 16.8. The molecule has 3 heterocycles. The average Bonchev–Trinajstić information content (AvgIpc) is 3.40. The minimum atomic E-state index is -0.835. The normalized spacial score (nSPS) is 17.3. The second kappa shape index (κ2) is 8.99. The smallest absolute Gasteiger partial charge is 0.255 e. The second-order valence-corrected chi connectivity index (χ2v) is 7.67. The Morgan fingerprint density at radius 3 is 2.94 bits per heavy atom. The molecule has 1 saturated heterocycles. The Kier molecular flexibility index (Phi) is 6.15. The number of rotatable bonds is 7. The molecule has 0 radical (unpaired) electrons. The van der Waals surface area contributed by atoms with Gasteiger partial charge < -0.3 is 20.4 Å². The fourth-order valence-corrected chi connectivity index (χ4v) is 4.05. The quantitative estimate of drug-likeness (QED) is 0.536. The summed E-state index contributed by atoms with van der Waals surface area (Å²) in [5, 5.41) is 25.4. The van der Waals surface area contributed by atoms with Crippen molar-refractivity contribution in [3.05, 3.63) is 65.5 Å². The maximum absolute atomic E-state index is 14.4. The number of carbonyl (C=O) groups excluding carboxylic acids is 1. The monoisotopic (exact) mass is 430 g/mol. The fourth-order valence-electron chi connectivity index (χ4n) is 4.05. The maximum Gasteiger partial charge on any atom is 0.255 e. The summed E-state index contributed by atoms with van der Waals surface area (Å²) in [4.78, 5) is 14.6. The number of hydrogen-bond donors (Lipinski definition) is 3. The first-order valence-electron chi connectivity index (χ1n) is 10.2. The minimum Gasteiger partial charge on any atom is -0.396 e. The van der Waals surface area contributed by atoms with Gasteiger partial charge in [-0.2, -0.15) is 5.10 Å². The summed E-state index contributed by atoms with van der Waals surface area (Å²) in [6.45, 7) is 0.531. The highest BCUT2D eigenvalue weighted by Crippen LogP contribution is 2.38. The Bertz CT molecular complexity index is 1090. The number of aliphatic hydroxyl groups excluding tert-OH is 2. The highest BCUT2D eigenvalue weighted by Gasteiger charge is 2.29. The molecule has 0 saturated carbocycles. The molecule has 1 amide bonds. The van der Waals surface area contributed by atoms with Gasteiger partial charge >= 0.3 is 0 Å². The van der Waals surface area contributed by atoms with Gasteiger partial charge in [0.05, 0.1) is 29.4 Å². The number of aromatic nitrogens is 2. The molecule has 3 N–H and O–H groups in total. The molecular formula is C22H24F2N4O3. The van der Waals surface area contributed by atoms with Crippen molar-refractivity contribution in [3.8, 4) is 0 Å². The highest BCUT2D eigenvalue weighted by molar-refractivity contribution is 6.01. The van der Waals surface area contributed by atoms with Gasteiger partial charge in [0.1, 0.15) is 11.6 Å². The lowest BCUT2D eigenvalue weighted by Crippen LogP contribution is -2.32. The fraction of sp³-hybridized carbons (Fsp3) is 0.364. The van der Waals surface area contributed by atoms with Crippen molar-refractivity contribution in [3.63, 3.8) is 0 Å². The van der Waals surface area contributed by atoms with Crippen LogP contribution < -0.4 is 10.2 Å². The molecule has 1 aromatic carbocycles. The van der Waals surface area contributed by atoms with Crippen LogP contribution in [0.1, 0.15) is 41.2 Å². The van der Waals surface area contributed by atoms with E-state index in [1.807, 2.05) is 17.0 Å². The Morgan fingerprint density at radius 1 is 1.29 bits per heavy atom. The molecule has 164 valence electrons. The molecule has 1 aliphatic rings. The maximum atomic E-state index is 14.4. The predicted octanol–water partition coefficient (Wildman–Crippen LogP) is 2.43. The van der Waals surface area contributed by atoms with Gasteiger partial charge in [-0.1, -0.05) is 0 Å². The molecule has 0 spiro atoms. The molecule has 0 aliphatic carbocycles. The number of hydrogen-bond acceptors (Lipinski definition) is 5. The van der Waals surface area contributed by atoms with Crippen molar-refractivity contribution in [1.82, 2.24) is 14.9 Å². The SMILES string of the molecule is O=C(NC[C@@H](O)CCO)c1cnn2ccc(N3CCC[C@@H]3c3cc(F)ccc3F)cc12. The number of nitrogens with one attached hydrogen (secondary N) is 1. The number of anilines is 1. The zero-order valence-corrected chi connectivity index (χ0v) is 16.8. The van der Waals surface area contributed by atoms with Crippen LogP contribution in [-0.4, -0.2) is 51.5 Å². The third-order valence-corrected chi connectivity index (χ3v) is 5.61. The number of pyridine rings is 1. The van der Waals surface area contributed by atoms with E-state index in [0.29, 0.717) is 29.6 Å². The zero-order chi connectivity index (χ0) is 22.0. The van der Waals surface area contributed by atoms with E-state index in [1.165, 1.54) is 12.3 Å². The molecule has 31 heavy (non-hydrogen) atoms. The van der Waals surface area contributed by atoms with Crippen molar-refractivity contribution >= 4 is 17.1 Å². The first-order chi connectivity index (χ1) is 15.0. The Morgan fingerprint density at radius 2 is 2.13 bits per heavy atom. The first-order valence-corrected chi connectivity index (χ1v) is 10.2. The topological polar surface area (TPSA) is 90.1 Å². The Balaban J connectivity index is 1.61. The van der Waals surface area contributed by atoms with E-state index in [2.05, 4.69) is 10.4 Å². The van der Waals surface area contributed by atoms with Gasteiger partial charge in [0, 0.05) is 37.1 Å². The summed E-state index contributed by atoms with van der Waals surface area (Å²) in [7, 11) is 0. The third kappa shape index (κ3) is 4.38. The van der Waals surface area contributed by atoms with Crippen LogP contribution in [-0.2, 0) is 0 Å². The van der Waals surface area contributed by atoms with Crippen LogP contribution in [0, 0.1) is 11.6 Å². The summed E-state index contributed by atoms with van der Waals surface area (Å²) < 4.78 is 29.7. The highest BCUT2D eigenvalue weighted by atomic mass is 19.1. The van der Waals surface area contributed by atoms with Crippen molar-refractivity contribution in [1.29, 1.82) is 0 Å². The van der Waals surface area contributed by atoms with E-state index < -0.39 is 23.6 Å². The molecule has 2 atom stereocenters. The van der Waals surface area contributed by atoms with Gasteiger partial charge in [0.25, 0.3) is 5.91 Å². The van der Waals surface area contributed by atoms with E-state index in [9.17, 15) is 18.7 Å². The summed E-state index contributed by atoms with van der Waals surface area (Å²) in [6.07, 6.45) is 4.03. The molecule has 0 unspecified atom stereocenters. The van der Waals surface area contributed by atoms with Crippen molar-refractivity contribution in [2.45, 2.75) is 31.4 Å². The standard InChI is InChI=1S/C22H24F2N4O3/c23-14-3-4-19(24)17(10-14)20-2-1-7-27(20)15-5-8-28-21(11-15)18(13-26-28)22(31)25-12-16(30)6-9-29/h3-5,8,10-11,13,16,20,29-30H,1-2,6-7,9,12H2,(H,25,31)/t16-,20+/m0/s1. The van der Waals surface area contributed by atoms with Gasteiger partial charge in [-0.05, 0) is 49.6 Å². The summed E-state index contributed by atoms with van der Waals surface area (Å²) in [5.74, 6) is -1.31. The van der Waals surface area contributed by atoms with Gasteiger partial charge in [-0.15, -0.1) is 0 Å². The molecule has 4 rings (SSSR count). The number of nitrogens with zero attached hydrogens (tertiary/aromatic N) is 3. The second-order valence-electron chi connectivity index (χ2n) is 7.67. The molecule has 3 aromatic rings. The number of halogens is 2. The van der Waals surface area contributed by atoms with Crippen molar-refractivity contribution < 1.29 is 23.8 Å². The third-order valence-electron chi connectivity index (χ3n) is 5.61. The molecule has 0 bridgehead atoms. The van der Waals surface area contributed by atoms with Crippen LogP contribution in [0.5, 0.6) is 0 Å². The van der Waals surface area contributed by atoms with Gasteiger partial charge in [-0.3, -0.25) is 4.79 Å². The Labute approximate surface area is 177 Å². The van der Waals surface area contributed by atoms with Crippen LogP contribution in [0.25, 0.3) is 5.52 Å². The van der Waals surface area contributed by atoms with Crippen molar-refractivity contribution in [2.24, 2.45) is 0 Å². The largest absolute Gasteiger partial charge is 0.396 e. The average molecular weight is 430 g/mol. The van der Waals surface area contributed by atoms with Gasteiger partial charge in [0.2, 0.25) is 0 Å².